The normalized spacial score (nSPS) is 17.8. The molecule has 0 radical (unpaired) electrons. The fraction of sp³-hybridized carbons (Fsp3) is 0.412. The van der Waals surface area contributed by atoms with Gasteiger partial charge < -0.3 is 0 Å². The molecule has 0 saturated heterocycles. The van der Waals surface area contributed by atoms with Gasteiger partial charge in [0.15, 0.2) is 5.78 Å². The molecule has 1 atom stereocenters. The largest absolute Gasteiger partial charge is 0.292 e. The number of nitrogens with zero attached hydrogens (tertiary/aromatic N) is 2. The number of Topliss-reactive ketones (excluding diaryl/α,β-unsaturated/α-hetero) is 1. The van der Waals surface area contributed by atoms with Gasteiger partial charge in [0.2, 0.25) is 0 Å². The smallest absolute Gasteiger partial charge is 0.189 e. The Hall–Kier alpha value is -1.42. The van der Waals surface area contributed by atoms with Crippen LogP contribution in [0.2, 0.25) is 0 Å². The van der Waals surface area contributed by atoms with Gasteiger partial charge in [-0.3, -0.25) is 9.48 Å². The van der Waals surface area contributed by atoms with Gasteiger partial charge in [-0.05, 0) is 60.2 Å². The maximum Gasteiger partial charge on any atom is 0.189 e. The van der Waals surface area contributed by atoms with E-state index in [0.29, 0.717) is 5.69 Å². The Morgan fingerprint density at radius 3 is 2.90 bits per heavy atom. The average Bonchev–Trinajstić information content (AvgIpc) is 2.88. The first-order valence-electron chi connectivity index (χ1n) is 7.44. The van der Waals surface area contributed by atoms with Crippen LogP contribution in [-0.2, 0) is 6.42 Å². The van der Waals surface area contributed by atoms with Crippen LogP contribution in [0.4, 0.5) is 0 Å². The van der Waals surface area contributed by atoms with Crippen LogP contribution in [-0.4, -0.2) is 15.6 Å². The van der Waals surface area contributed by atoms with Crippen LogP contribution >= 0.6 is 15.9 Å². The van der Waals surface area contributed by atoms with Crippen molar-refractivity contribution in [3.8, 4) is 0 Å². The fourth-order valence-electron chi connectivity index (χ4n) is 3.15. The Kier molecular flexibility index (Phi) is 3.98. The quantitative estimate of drug-likeness (QED) is 0.765. The van der Waals surface area contributed by atoms with E-state index in [0.717, 1.165) is 23.7 Å². The number of hydrogen-bond acceptors (Lipinski definition) is 2. The third-order valence-corrected chi connectivity index (χ3v) is 4.74. The molecule has 0 N–H and O–H groups in total. The predicted octanol–water partition coefficient (Wildman–Crippen LogP) is 4.53. The molecule has 0 bridgehead atoms. The molecule has 1 heterocycles. The van der Waals surface area contributed by atoms with Crippen molar-refractivity contribution in [2.75, 3.05) is 0 Å². The lowest BCUT2D eigenvalue weighted by molar-refractivity contribution is 0.0937. The molecule has 1 aromatic carbocycles. The zero-order chi connectivity index (χ0) is 15.0. The maximum atomic E-state index is 13.1. The number of rotatable bonds is 3. The van der Waals surface area contributed by atoms with Crippen molar-refractivity contribution in [3.63, 3.8) is 0 Å². The van der Waals surface area contributed by atoms with Crippen molar-refractivity contribution >= 4 is 21.7 Å². The molecule has 0 fully saturated rings. The Bertz CT molecular complexity index is 675. The van der Waals surface area contributed by atoms with Crippen LogP contribution < -0.4 is 0 Å². The van der Waals surface area contributed by atoms with Gasteiger partial charge in [0.25, 0.3) is 0 Å². The second kappa shape index (κ2) is 5.76. The van der Waals surface area contributed by atoms with E-state index in [1.165, 1.54) is 11.1 Å². The summed E-state index contributed by atoms with van der Waals surface area (Å²) in [6.45, 7) is 4.09. The standard InChI is InChI=1S/C17H19BrN2O/c1-11(2)20-16(15(18)10-19-20)17(21)14-9-5-7-12-6-3-4-8-13(12)14/h3-4,6,8,10-11,14H,5,7,9H2,1-2H3. The highest BCUT2D eigenvalue weighted by Gasteiger charge is 2.31. The second-order valence-electron chi connectivity index (χ2n) is 5.89. The minimum absolute atomic E-state index is 0.0413. The van der Waals surface area contributed by atoms with E-state index in [2.05, 4.69) is 39.2 Å². The SMILES string of the molecule is CC(C)n1ncc(Br)c1C(=O)C1CCCc2ccccc21. The molecule has 0 spiro atoms. The van der Waals surface area contributed by atoms with Crippen LogP contribution in [0, 0.1) is 0 Å². The lowest BCUT2D eigenvalue weighted by Gasteiger charge is -2.25. The Labute approximate surface area is 133 Å². The molecule has 1 aliphatic rings. The summed E-state index contributed by atoms with van der Waals surface area (Å²) in [6, 6.07) is 8.50. The third kappa shape index (κ3) is 2.57. The molecule has 110 valence electrons. The first kappa shape index (κ1) is 14.5. The highest BCUT2D eigenvalue weighted by atomic mass is 79.9. The van der Waals surface area contributed by atoms with Gasteiger partial charge in [0, 0.05) is 12.0 Å². The van der Waals surface area contributed by atoms with Crippen molar-refractivity contribution in [2.45, 2.75) is 45.1 Å². The molecule has 0 aliphatic heterocycles. The van der Waals surface area contributed by atoms with Gasteiger partial charge in [-0.1, -0.05) is 24.3 Å². The molecule has 4 heteroatoms. The Balaban J connectivity index is 2.03. The lowest BCUT2D eigenvalue weighted by Crippen LogP contribution is -2.22. The molecule has 1 aromatic heterocycles. The van der Waals surface area contributed by atoms with Gasteiger partial charge >= 0.3 is 0 Å². The van der Waals surface area contributed by atoms with Gasteiger partial charge in [-0.15, -0.1) is 0 Å². The Morgan fingerprint density at radius 1 is 1.38 bits per heavy atom. The number of fused-ring (bicyclic) bond motifs is 1. The number of hydrogen-bond donors (Lipinski definition) is 0. The summed E-state index contributed by atoms with van der Waals surface area (Å²) < 4.78 is 2.62. The topological polar surface area (TPSA) is 34.9 Å². The average molecular weight is 347 g/mol. The van der Waals surface area contributed by atoms with Crippen molar-refractivity contribution in [3.05, 3.63) is 51.8 Å². The van der Waals surface area contributed by atoms with Gasteiger partial charge in [0.1, 0.15) is 5.69 Å². The van der Waals surface area contributed by atoms with Crippen LogP contribution in [0.1, 0.15) is 60.3 Å². The van der Waals surface area contributed by atoms with Gasteiger partial charge in [-0.25, -0.2) is 0 Å². The summed E-state index contributed by atoms with van der Waals surface area (Å²) in [5.74, 6) is 0.140. The molecule has 0 amide bonds. The monoisotopic (exact) mass is 346 g/mol. The molecule has 3 nitrogen and oxygen atoms in total. The first-order chi connectivity index (χ1) is 10.1. The third-order valence-electron chi connectivity index (χ3n) is 4.16. The van der Waals surface area contributed by atoms with E-state index in [4.69, 9.17) is 0 Å². The highest BCUT2D eigenvalue weighted by Crippen LogP contribution is 2.35. The van der Waals surface area contributed by atoms with Crippen LogP contribution in [0.25, 0.3) is 0 Å². The predicted molar refractivity (Wildman–Crippen MR) is 86.8 cm³/mol. The molecule has 3 rings (SSSR count). The number of benzene rings is 1. The highest BCUT2D eigenvalue weighted by molar-refractivity contribution is 9.10. The first-order valence-corrected chi connectivity index (χ1v) is 8.24. The minimum atomic E-state index is -0.0413. The molecule has 1 aliphatic carbocycles. The van der Waals surface area contributed by atoms with Crippen LogP contribution in [0.5, 0.6) is 0 Å². The zero-order valence-corrected chi connectivity index (χ0v) is 13.9. The van der Waals surface area contributed by atoms with E-state index < -0.39 is 0 Å². The van der Waals surface area contributed by atoms with Crippen LogP contribution in [0.3, 0.4) is 0 Å². The van der Waals surface area contributed by atoms with Gasteiger partial charge in [0.05, 0.1) is 10.7 Å². The molecule has 2 aromatic rings. The van der Waals surface area contributed by atoms with E-state index >= 15 is 0 Å². The minimum Gasteiger partial charge on any atom is -0.292 e. The zero-order valence-electron chi connectivity index (χ0n) is 12.3. The summed E-state index contributed by atoms with van der Waals surface area (Å²) in [5.41, 5.74) is 3.21. The fourth-order valence-corrected chi connectivity index (χ4v) is 3.62. The van der Waals surface area contributed by atoms with Crippen molar-refractivity contribution < 1.29 is 4.79 Å². The van der Waals surface area contributed by atoms with E-state index in [1.807, 2.05) is 24.6 Å². The summed E-state index contributed by atoms with van der Waals surface area (Å²) in [5, 5.41) is 4.34. The van der Waals surface area contributed by atoms with Crippen molar-refractivity contribution in [2.24, 2.45) is 0 Å². The molecular formula is C17H19BrN2O. The van der Waals surface area contributed by atoms with Gasteiger partial charge in [-0.2, -0.15) is 5.10 Å². The molecule has 21 heavy (non-hydrogen) atoms. The number of carbonyl (C=O) groups excluding carboxylic acids is 1. The summed E-state index contributed by atoms with van der Waals surface area (Å²) in [7, 11) is 0. The molecule has 0 saturated carbocycles. The van der Waals surface area contributed by atoms with E-state index in [-0.39, 0.29) is 17.7 Å². The van der Waals surface area contributed by atoms with Crippen molar-refractivity contribution in [1.29, 1.82) is 0 Å². The molecular weight excluding hydrogens is 328 g/mol. The summed E-state index contributed by atoms with van der Waals surface area (Å²) in [6.07, 6.45) is 4.79. The number of aryl methyl sites for hydroxylation is 1. The number of ketones is 1. The second-order valence-corrected chi connectivity index (χ2v) is 6.74. The van der Waals surface area contributed by atoms with E-state index in [9.17, 15) is 4.79 Å². The number of carbonyl (C=O) groups is 1. The van der Waals surface area contributed by atoms with Crippen LogP contribution in [0.15, 0.2) is 34.9 Å². The number of halogens is 1. The lowest BCUT2D eigenvalue weighted by atomic mass is 9.80. The van der Waals surface area contributed by atoms with Crippen molar-refractivity contribution in [1.82, 2.24) is 9.78 Å². The summed E-state index contributed by atoms with van der Waals surface area (Å²) in [4.78, 5) is 13.1. The summed E-state index contributed by atoms with van der Waals surface area (Å²) >= 11 is 3.49. The van der Waals surface area contributed by atoms with E-state index in [1.54, 1.807) is 6.20 Å². The molecule has 1 unspecified atom stereocenters. The number of aromatic nitrogens is 2. The maximum absolute atomic E-state index is 13.1. The Morgan fingerprint density at radius 2 is 2.14 bits per heavy atom.